The summed E-state index contributed by atoms with van der Waals surface area (Å²) in [5.41, 5.74) is 1.46. The molecule has 1 fully saturated rings. The molecule has 3 amide bonds. The fraction of sp³-hybridized carbons (Fsp3) is 0.348. The Bertz CT molecular complexity index is 905. The van der Waals surface area contributed by atoms with E-state index in [1.54, 1.807) is 35.2 Å². The zero-order valence-corrected chi connectivity index (χ0v) is 16.8. The van der Waals surface area contributed by atoms with E-state index in [2.05, 4.69) is 0 Å². The molecule has 146 valence electrons. The van der Waals surface area contributed by atoms with Crippen molar-refractivity contribution in [2.24, 2.45) is 0 Å². The summed E-state index contributed by atoms with van der Waals surface area (Å²) in [6, 6.07) is 15.4. The lowest BCUT2D eigenvalue weighted by molar-refractivity contribution is -0.123. The van der Waals surface area contributed by atoms with Crippen LogP contribution in [-0.2, 0) is 9.59 Å². The van der Waals surface area contributed by atoms with Crippen LogP contribution in [0.15, 0.2) is 54.6 Å². The summed E-state index contributed by atoms with van der Waals surface area (Å²) in [6.07, 6.45) is 0.655. The Morgan fingerprint density at radius 1 is 1.11 bits per heavy atom. The number of carbonyl (C=O) groups is 3. The van der Waals surface area contributed by atoms with Gasteiger partial charge in [-0.3, -0.25) is 14.4 Å². The van der Waals surface area contributed by atoms with Crippen molar-refractivity contribution >= 4 is 23.4 Å². The Kier molecular flexibility index (Phi) is 5.36. The fourth-order valence-corrected chi connectivity index (χ4v) is 3.59. The average Bonchev–Trinajstić information content (AvgIpc) is 2.96. The average molecular weight is 378 g/mol. The lowest BCUT2D eigenvalue weighted by Gasteiger charge is -2.41. The summed E-state index contributed by atoms with van der Waals surface area (Å²) in [7, 11) is 0. The van der Waals surface area contributed by atoms with Crippen molar-refractivity contribution in [3.8, 4) is 0 Å². The van der Waals surface area contributed by atoms with E-state index in [4.69, 9.17) is 0 Å². The fourth-order valence-electron chi connectivity index (χ4n) is 3.59. The second-order valence-electron chi connectivity index (χ2n) is 7.83. The van der Waals surface area contributed by atoms with E-state index in [1.165, 1.54) is 4.90 Å². The predicted molar refractivity (Wildman–Crippen MR) is 109 cm³/mol. The number of hydrogen-bond acceptors (Lipinski definition) is 3. The third-order valence-corrected chi connectivity index (χ3v) is 5.45. The van der Waals surface area contributed by atoms with E-state index in [1.807, 2.05) is 52.0 Å². The topological polar surface area (TPSA) is 57.7 Å². The Hall–Kier alpha value is -2.95. The third-order valence-electron chi connectivity index (χ3n) is 5.45. The van der Waals surface area contributed by atoms with Crippen LogP contribution in [0.4, 0.5) is 5.69 Å². The molecule has 1 aliphatic rings. The zero-order chi connectivity index (χ0) is 20.5. The number of para-hydroxylation sites is 1. The molecule has 5 nitrogen and oxygen atoms in total. The molecule has 0 N–H and O–H groups in total. The van der Waals surface area contributed by atoms with Crippen LogP contribution in [0.2, 0.25) is 0 Å². The molecule has 1 heterocycles. The highest BCUT2D eigenvalue weighted by atomic mass is 16.2. The number of anilines is 1. The van der Waals surface area contributed by atoms with Crippen molar-refractivity contribution in [1.29, 1.82) is 0 Å². The highest BCUT2D eigenvalue weighted by Gasteiger charge is 2.48. The van der Waals surface area contributed by atoms with E-state index in [0.29, 0.717) is 17.7 Å². The maximum atomic E-state index is 13.4. The van der Waals surface area contributed by atoms with Gasteiger partial charge in [0.2, 0.25) is 5.91 Å². The molecule has 1 atom stereocenters. The van der Waals surface area contributed by atoms with Gasteiger partial charge in [-0.1, -0.05) is 42.8 Å². The van der Waals surface area contributed by atoms with Crippen LogP contribution in [0.1, 0.15) is 49.5 Å². The Morgan fingerprint density at radius 3 is 2.39 bits per heavy atom. The summed E-state index contributed by atoms with van der Waals surface area (Å²) >= 11 is 0. The molecular weight excluding hydrogens is 352 g/mol. The molecule has 0 aliphatic carbocycles. The lowest BCUT2D eigenvalue weighted by atomic mass is 9.94. The number of imide groups is 1. The lowest BCUT2D eigenvalue weighted by Crippen LogP contribution is -2.55. The standard InChI is InChI=1S/C23H26N2O3/c1-5-23(3,4)25(21(27)17-11-9-10-16(2)14-17)19-15-20(26)24(22(19)28)18-12-7-6-8-13-18/h6-14,19H,5,15H2,1-4H3. The first-order valence-electron chi connectivity index (χ1n) is 9.58. The summed E-state index contributed by atoms with van der Waals surface area (Å²) in [4.78, 5) is 42.2. The summed E-state index contributed by atoms with van der Waals surface area (Å²) in [5, 5.41) is 0. The van der Waals surface area contributed by atoms with E-state index in [9.17, 15) is 14.4 Å². The molecule has 2 aromatic carbocycles. The number of aryl methyl sites for hydroxylation is 1. The largest absolute Gasteiger partial charge is 0.321 e. The molecule has 3 rings (SSSR count). The van der Waals surface area contributed by atoms with E-state index >= 15 is 0 Å². The van der Waals surface area contributed by atoms with Crippen molar-refractivity contribution in [1.82, 2.24) is 4.90 Å². The molecule has 1 aliphatic heterocycles. The Labute approximate surface area is 166 Å². The molecule has 0 saturated carbocycles. The van der Waals surface area contributed by atoms with Crippen LogP contribution in [0, 0.1) is 6.92 Å². The van der Waals surface area contributed by atoms with Gasteiger partial charge in [0.25, 0.3) is 11.8 Å². The molecule has 0 bridgehead atoms. The van der Waals surface area contributed by atoms with Gasteiger partial charge in [-0.2, -0.15) is 0 Å². The number of hydrogen-bond donors (Lipinski definition) is 0. The molecule has 5 heteroatoms. The second kappa shape index (κ2) is 7.58. The number of amides is 3. The monoisotopic (exact) mass is 378 g/mol. The quantitative estimate of drug-likeness (QED) is 0.740. The molecule has 0 aromatic heterocycles. The van der Waals surface area contributed by atoms with Crippen LogP contribution >= 0.6 is 0 Å². The first-order valence-corrected chi connectivity index (χ1v) is 9.58. The second-order valence-corrected chi connectivity index (χ2v) is 7.83. The SMILES string of the molecule is CCC(C)(C)N(C(=O)c1cccc(C)c1)C1CC(=O)N(c2ccccc2)C1=O. The molecule has 28 heavy (non-hydrogen) atoms. The van der Waals surface area contributed by atoms with Gasteiger partial charge in [-0.15, -0.1) is 0 Å². The van der Waals surface area contributed by atoms with Gasteiger partial charge in [0.05, 0.1) is 12.1 Å². The molecule has 0 spiro atoms. The van der Waals surface area contributed by atoms with Crippen LogP contribution in [0.25, 0.3) is 0 Å². The molecule has 1 unspecified atom stereocenters. The normalized spacial score (nSPS) is 17.1. The summed E-state index contributed by atoms with van der Waals surface area (Å²) < 4.78 is 0. The number of nitrogens with zero attached hydrogens (tertiary/aromatic N) is 2. The van der Waals surface area contributed by atoms with Crippen LogP contribution in [-0.4, -0.2) is 34.2 Å². The highest BCUT2D eigenvalue weighted by molar-refractivity contribution is 6.23. The van der Waals surface area contributed by atoms with Crippen molar-refractivity contribution in [2.75, 3.05) is 4.90 Å². The van der Waals surface area contributed by atoms with Gasteiger partial charge in [-0.25, -0.2) is 4.90 Å². The Balaban J connectivity index is 2.01. The predicted octanol–water partition coefficient (Wildman–Crippen LogP) is 3.96. The minimum absolute atomic E-state index is 0.00524. The maximum absolute atomic E-state index is 13.4. The third kappa shape index (κ3) is 3.57. The Morgan fingerprint density at radius 2 is 1.79 bits per heavy atom. The first kappa shape index (κ1) is 19.8. The maximum Gasteiger partial charge on any atom is 0.257 e. The molecule has 1 saturated heterocycles. The number of carbonyl (C=O) groups excluding carboxylic acids is 3. The van der Waals surface area contributed by atoms with Gasteiger partial charge >= 0.3 is 0 Å². The van der Waals surface area contributed by atoms with Gasteiger partial charge in [-0.05, 0) is 51.5 Å². The molecule has 0 radical (unpaired) electrons. The molecular formula is C23H26N2O3. The minimum atomic E-state index is -0.810. The van der Waals surface area contributed by atoms with Crippen LogP contribution < -0.4 is 4.90 Å². The van der Waals surface area contributed by atoms with Crippen molar-refractivity contribution in [3.63, 3.8) is 0 Å². The van der Waals surface area contributed by atoms with Crippen molar-refractivity contribution < 1.29 is 14.4 Å². The van der Waals surface area contributed by atoms with Gasteiger partial charge < -0.3 is 4.90 Å². The smallest absolute Gasteiger partial charge is 0.257 e. The van der Waals surface area contributed by atoms with E-state index in [0.717, 1.165) is 5.56 Å². The van der Waals surface area contributed by atoms with Gasteiger partial charge in [0, 0.05) is 11.1 Å². The van der Waals surface area contributed by atoms with Crippen LogP contribution in [0.5, 0.6) is 0 Å². The number of rotatable bonds is 5. The van der Waals surface area contributed by atoms with Crippen molar-refractivity contribution in [3.05, 3.63) is 65.7 Å². The summed E-state index contributed by atoms with van der Waals surface area (Å²) in [6.45, 7) is 7.77. The van der Waals surface area contributed by atoms with Crippen molar-refractivity contribution in [2.45, 2.75) is 52.1 Å². The van der Waals surface area contributed by atoms with E-state index in [-0.39, 0.29) is 24.1 Å². The zero-order valence-electron chi connectivity index (χ0n) is 16.8. The minimum Gasteiger partial charge on any atom is -0.321 e. The van der Waals surface area contributed by atoms with Crippen LogP contribution in [0.3, 0.4) is 0 Å². The van der Waals surface area contributed by atoms with Gasteiger partial charge in [0.1, 0.15) is 6.04 Å². The molecule has 2 aromatic rings. The summed E-state index contributed by atoms with van der Waals surface area (Å²) in [5.74, 6) is -0.856. The highest BCUT2D eigenvalue weighted by Crippen LogP contribution is 2.32. The number of benzene rings is 2. The van der Waals surface area contributed by atoms with E-state index < -0.39 is 11.6 Å². The first-order chi connectivity index (χ1) is 13.3. The van der Waals surface area contributed by atoms with Gasteiger partial charge in [0.15, 0.2) is 0 Å².